The van der Waals surface area contributed by atoms with Crippen LogP contribution in [0.4, 0.5) is 0 Å². The Hall–Kier alpha value is -2.88. The number of nitrogens with zero attached hydrogens (tertiary/aromatic N) is 2. The Balaban J connectivity index is 2.00. The van der Waals surface area contributed by atoms with Crippen molar-refractivity contribution >= 4 is 11.0 Å². The summed E-state index contributed by atoms with van der Waals surface area (Å²) in [6.07, 6.45) is 0. The van der Waals surface area contributed by atoms with Gasteiger partial charge in [-0.3, -0.25) is 4.79 Å². The summed E-state index contributed by atoms with van der Waals surface area (Å²) >= 11 is 0. The third-order valence-corrected chi connectivity index (χ3v) is 3.79. The van der Waals surface area contributed by atoms with Crippen molar-refractivity contribution in [3.63, 3.8) is 0 Å². The molecule has 4 nitrogen and oxygen atoms in total. The third kappa shape index (κ3) is 1.92. The van der Waals surface area contributed by atoms with Gasteiger partial charge in [-0.15, -0.1) is 5.10 Å². The highest BCUT2D eigenvalue weighted by Crippen LogP contribution is 2.25. The van der Waals surface area contributed by atoms with Crippen LogP contribution >= 0.6 is 0 Å². The van der Waals surface area contributed by atoms with Gasteiger partial charge in [0.2, 0.25) is 5.89 Å². The van der Waals surface area contributed by atoms with Crippen LogP contribution in [0.1, 0.15) is 11.1 Å². The molecular formula is C18H14N2O2. The van der Waals surface area contributed by atoms with Crippen molar-refractivity contribution in [3.8, 4) is 17.1 Å². The highest BCUT2D eigenvalue weighted by atomic mass is 16.3. The summed E-state index contributed by atoms with van der Waals surface area (Å²) in [5.74, 6) is 0.363. The van der Waals surface area contributed by atoms with Gasteiger partial charge in [-0.2, -0.15) is 4.68 Å². The molecule has 2 aliphatic heterocycles. The normalized spacial score (nSPS) is 11.4. The van der Waals surface area contributed by atoms with Gasteiger partial charge in [0.1, 0.15) is 11.1 Å². The second-order valence-corrected chi connectivity index (χ2v) is 5.56. The second-order valence-electron chi connectivity index (χ2n) is 5.56. The number of hydrogen-bond acceptors (Lipinski definition) is 3. The molecule has 0 unspecified atom stereocenters. The van der Waals surface area contributed by atoms with Crippen LogP contribution in [0.2, 0.25) is 0 Å². The van der Waals surface area contributed by atoms with Gasteiger partial charge in [0.15, 0.2) is 0 Å². The number of aromatic nitrogens is 2. The van der Waals surface area contributed by atoms with Crippen LogP contribution in [-0.2, 0) is 0 Å². The van der Waals surface area contributed by atoms with Crippen LogP contribution in [0.3, 0.4) is 0 Å². The summed E-state index contributed by atoms with van der Waals surface area (Å²) in [6.45, 7) is 4.02. The maximum absolute atomic E-state index is 12.6. The van der Waals surface area contributed by atoms with Gasteiger partial charge < -0.3 is 4.42 Å². The Morgan fingerprint density at radius 2 is 1.68 bits per heavy atom. The van der Waals surface area contributed by atoms with Crippen LogP contribution < -0.4 is 5.56 Å². The topological polar surface area (TPSA) is 48.0 Å². The molecule has 2 heterocycles. The van der Waals surface area contributed by atoms with E-state index in [0.29, 0.717) is 11.5 Å². The lowest BCUT2D eigenvalue weighted by Crippen LogP contribution is -2.14. The first-order valence-electron chi connectivity index (χ1n) is 7.12. The Bertz CT molecular complexity index is 1010. The predicted molar refractivity (Wildman–Crippen MR) is 85.7 cm³/mol. The minimum atomic E-state index is -0.161. The second kappa shape index (κ2) is 4.56. The van der Waals surface area contributed by atoms with Crippen molar-refractivity contribution in [2.75, 3.05) is 0 Å². The third-order valence-electron chi connectivity index (χ3n) is 3.79. The van der Waals surface area contributed by atoms with Gasteiger partial charge in [-0.25, -0.2) is 0 Å². The fourth-order valence-electron chi connectivity index (χ4n) is 2.59. The van der Waals surface area contributed by atoms with Crippen LogP contribution in [-0.4, -0.2) is 9.78 Å². The number of aryl methyl sites for hydroxylation is 2. The molecule has 0 aromatic heterocycles. The molecule has 0 radical (unpaired) electrons. The maximum Gasteiger partial charge on any atom is 0.284 e. The summed E-state index contributed by atoms with van der Waals surface area (Å²) in [5.41, 5.74) is 4.07. The minimum Gasteiger partial charge on any atom is -0.436 e. The zero-order valence-electron chi connectivity index (χ0n) is 12.3. The van der Waals surface area contributed by atoms with Crippen LogP contribution in [0.5, 0.6) is 0 Å². The lowest BCUT2D eigenvalue weighted by molar-refractivity contribution is 0.591. The monoisotopic (exact) mass is 290 g/mol. The number of rotatable bonds is 1. The van der Waals surface area contributed by atoms with Crippen LogP contribution in [0.25, 0.3) is 28.1 Å². The van der Waals surface area contributed by atoms with Gasteiger partial charge in [-0.05, 0) is 44.2 Å². The van der Waals surface area contributed by atoms with E-state index in [2.05, 4.69) is 5.10 Å². The van der Waals surface area contributed by atoms with E-state index in [1.54, 1.807) is 0 Å². The summed E-state index contributed by atoms with van der Waals surface area (Å²) in [6, 6.07) is 15.4. The molecule has 2 aromatic rings. The van der Waals surface area contributed by atoms with E-state index >= 15 is 0 Å². The van der Waals surface area contributed by atoms with E-state index in [0.717, 1.165) is 27.8 Å². The molecular weight excluding hydrogens is 276 g/mol. The highest BCUT2D eigenvalue weighted by Gasteiger charge is 2.19. The molecule has 2 aliphatic rings. The molecule has 0 bridgehead atoms. The van der Waals surface area contributed by atoms with Crippen LogP contribution in [0, 0.1) is 13.8 Å². The fraction of sp³-hybridized carbons (Fsp3) is 0.111. The maximum atomic E-state index is 12.6. The average molecular weight is 290 g/mol. The van der Waals surface area contributed by atoms with E-state index in [9.17, 15) is 4.79 Å². The highest BCUT2D eigenvalue weighted by molar-refractivity contribution is 5.82. The zero-order chi connectivity index (χ0) is 15.3. The Kier molecular flexibility index (Phi) is 2.66. The largest absolute Gasteiger partial charge is 0.436 e. The molecule has 0 atom stereocenters. The molecule has 0 N–H and O–H groups in total. The van der Waals surface area contributed by atoms with Crippen molar-refractivity contribution in [1.29, 1.82) is 0 Å². The molecule has 0 fully saturated rings. The summed E-state index contributed by atoms with van der Waals surface area (Å²) in [4.78, 5) is 12.6. The quantitative estimate of drug-likeness (QED) is 0.537. The SMILES string of the molecule is Cc1ccc(-n2nc3oc4ccc(C)cc4cc-3c2=O)cc1. The summed E-state index contributed by atoms with van der Waals surface area (Å²) in [5, 5.41) is 5.23. The smallest absolute Gasteiger partial charge is 0.284 e. The van der Waals surface area contributed by atoms with E-state index in [1.165, 1.54) is 4.68 Å². The molecule has 22 heavy (non-hydrogen) atoms. The van der Waals surface area contributed by atoms with Gasteiger partial charge in [0.25, 0.3) is 5.56 Å². The van der Waals surface area contributed by atoms with Crippen molar-refractivity contribution in [2.24, 2.45) is 0 Å². The molecule has 108 valence electrons. The Morgan fingerprint density at radius 3 is 2.45 bits per heavy atom. The van der Waals surface area contributed by atoms with Crippen molar-refractivity contribution in [2.45, 2.75) is 13.8 Å². The Morgan fingerprint density at radius 1 is 0.955 bits per heavy atom. The standard InChI is InChI=1S/C18H14N2O2/c1-11-3-6-14(7-4-11)20-18(21)15-10-13-9-12(2)5-8-16(13)22-17(15)19-20/h3-10H,1-2H3. The molecule has 2 aromatic carbocycles. The van der Waals surface area contributed by atoms with E-state index < -0.39 is 0 Å². The van der Waals surface area contributed by atoms with E-state index in [1.807, 2.05) is 62.4 Å². The minimum absolute atomic E-state index is 0.161. The molecule has 4 heteroatoms. The Labute approximate surface area is 127 Å². The van der Waals surface area contributed by atoms with Crippen molar-refractivity contribution in [3.05, 3.63) is 70.0 Å². The van der Waals surface area contributed by atoms with Gasteiger partial charge in [0, 0.05) is 5.39 Å². The summed E-state index contributed by atoms with van der Waals surface area (Å²) < 4.78 is 7.16. The first kappa shape index (κ1) is 12.8. The first-order valence-corrected chi connectivity index (χ1v) is 7.12. The molecule has 0 spiro atoms. The van der Waals surface area contributed by atoms with Crippen molar-refractivity contribution in [1.82, 2.24) is 9.78 Å². The van der Waals surface area contributed by atoms with E-state index in [-0.39, 0.29) is 5.56 Å². The molecule has 0 amide bonds. The lowest BCUT2D eigenvalue weighted by atomic mass is 10.1. The summed E-state index contributed by atoms with van der Waals surface area (Å²) in [7, 11) is 0. The number of fused-ring (bicyclic) bond motifs is 2. The lowest BCUT2D eigenvalue weighted by Gasteiger charge is -2.00. The molecule has 0 saturated heterocycles. The van der Waals surface area contributed by atoms with Crippen molar-refractivity contribution < 1.29 is 4.42 Å². The predicted octanol–water partition coefficient (Wildman–Crippen LogP) is 3.70. The first-order chi connectivity index (χ1) is 10.6. The zero-order valence-corrected chi connectivity index (χ0v) is 12.3. The fourth-order valence-corrected chi connectivity index (χ4v) is 2.59. The van der Waals surface area contributed by atoms with Gasteiger partial charge in [0.05, 0.1) is 5.69 Å². The molecule has 0 aliphatic carbocycles. The average Bonchev–Trinajstić information content (AvgIpc) is 2.82. The molecule has 0 saturated carbocycles. The van der Waals surface area contributed by atoms with Crippen LogP contribution in [0.15, 0.2) is 57.7 Å². The number of hydrogen-bond donors (Lipinski definition) is 0. The number of benzene rings is 2. The van der Waals surface area contributed by atoms with Gasteiger partial charge in [-0.1, -0.05) is 29.3 Å². The molecule has 4 rings (SSSR count). The van der Waals surface area contributed by atoms with E-state index in [4.69, 9.17) is 4.42 Å². The van der Waals surface area contributed by atoms with Gasteiger partial charge >= 0.3 is 0 Å².